The highest BCUT2D eigenvalue weighted by atomic mass is 32.2. The van der Waals surface area contributed by atoms with Gasteiger partial charge in [0, 0.05) is 29.9 Å². The Hall–Kier alpha value is -3.92. The average molecular weight is 486 g/mol. The quantitative estimate of drug-likeness (QED) is 0.403. The molecule has 0 radical (unpaired) electrons. The Kier molecular flexibility index (Phi) is 7.85. The average Bonchev–Trinajstić information content (AvgIpc) is 2.83. The summed E-state index contributed by atoms with van der Waals surface area (Å²) in [6.45, 7) is 1.88. The largest absolute Gasteiger partial charge is 0.497 e. The molecule has 0 aromatic heterocycles. The number of ether oxygens (including phenoxy) is 1. The summed E-state index contributed by atoms with van der Waals surface area (Å²) in [6, 6.07) is 16.1. The van der Waals surface area contributed by atoms with E-state index in [0.717, 1.165) is 6.07 Å². The van der Waals surface area contributed by atoms with Gasteiger partial charge in [0.1, 0.15) is 11.6 Å². The van der Waals surface area contributed by atoms with Gasteiger partial charge in [-0.1, -0.05) is 6.07 Å². The van der Waals surface area contributed by atoms with E-state index in [0.29, 0.717) is 17.0 Å². The maximum atomic E-state index is 13.6. The second-order valence-electron chi connectivity index (χ2n) is 7.33. The lowest BCUT2D eigenvalue weighted by Crippen LogP contribution is -2.34. The molecule has 0 aliphatic carbocycles. The molecule has 0 heterocycles. The third-order valence-corrected chi connectivity index (χ3v) is 6.30. The Morgan fingerprint density at radius 3 is 1.97 bits per heavy atom. The van der Waals surface area contributed by atoms with Crippen molar-refractivity contribution in [1.29, 1.82) is 0 Å². The highest BCUT2D eigenvalue weighted by Crippen LogP contribution is 2.19. The molecule has 0 saturated heterocycles. The Morgan fingerprint density at radius 2 is 1.41 bits per heavy atom. The molecule has 3 rings (SSSR count). The second-order valence-corrected chi connectivity index (χ2v) is 9.02. The van der Waals surface area contributed by atoms with Crippen LogP contribution in [0.2, 0.25) is 0 Å². The van der Waals surface area contributed by atoms with Gasteiger partial charge in [-0.25, -0.2) is 12.8 Å². The van der Waals surface area contributed by atoms with Crippen LogP contribution in [0.1, 0.15) is 26.3 Å². The number of aryl methyl sites for hydroxylation is 1. The fraction of sp³-hybridized carbons (Fsp3) is 0.167. The number of benzene rings is 3. The van der Waals surface area contributed by atoms with Crippen molar-refractivity contribution in [3.63, 3.8) is 0 Å². The third-order valence-electron chi connectivity index (χ3n) is 4.90. The lowest BCUT2D eigenvalue weighted by molar-refractivity contribution is 0.0927. The number of anilines is 1. The van der Waals surface area contributed by atoms with E-state index in [2.05, 4.69) is 15.4 Å². The van der Waals surface area contributed by atoms with Gasteiger partial charge < -0.3 is 15.4 Å². The summed E-state index contributed by atoms with van der Waals surface area (Å²) in [5.41, 5.74) is 1.27. The molecule has 2 amide bonds. The molecule has 0 atom stereocenters. The first-order valence-electron chi connectivity index (χ1n) is 10.3. The number of halogens is 1. The van der Waals surface area contributed by atoms with Crippen molar-refractivity contribution in [3.05, 3.63) is 89.2 Å². The van der Waals surface area contributed by atoms with Gasteiger partial charge in [-0.15, -0.1) is 0 Å². The van der Waals surface area contributed by atoms with E-state index in [4.69, 9.17) is 4.74 Å². The predicted molar refractivity (Wildman–Crippen MR) is 126 cm³/mol. The van der Waals surface area contributed by atoms with E-state index in [1.807, 2.05) is 0 Å². The number of sulfonamides is 1. The highest BCUT2D eigenvalue weighted by Gasteiger charge is 2.15. The first kappa shape index (κ1) is 24.7. The summed E-state index contributed by atoms with van der Waals surface area (Å²) in [6.07, 6.45) is 0. The fourth-order valence-electron chi connectivity index (χ4n) is 2.95. The zero-order chi connectivity index (χ0) is 24.7. The lowest BCUT2D eigenvalue weighted by atomic mass is 10.1. The molecular weight excluding hydrogens is 461 g/mol. The first-order valence-corrected chi connectivity index (χ1v) is 11.8. The second kappa shape index (κ2) is 10.8. The minimum atomic E-state index is -3.83. The summed E-state index contributed by atoms with van der Waals surface area (Å²) < 4.78 is 46.2. The van der Waals surface area contributed by atoms with Crippen LogP contribution in [-0.4, -0.2) is 40.4 Å². The fourth-order valence-corrected chi connectivity index (χ4v) is 4.01. The smallest absolute Gasteiger partial charge is 0.261 e. The van der Waals surface area contributed by atoms with Gasteiger partial charge in [0.2, 0.25) is 0 Å². The summed E-state index contributed by atoms with van der Waals surface area (Å²) in [7, 11) is -2.32. The molecule has 0 unspecified atom stereocenters. The van der Waals surface area contributed by atoms with Gasteiger partial charge in [-0.05, 0) is 73.2 Å². The van der Waals surface area contributed by atoms with Gasteiger partial charge in [0.25, 0.3) is 21.8 Å². The van der Waals surface area contributed by atoms with Gasteiger partial charge in [0.05, 0.1) is 12.0 Å². The van der Waals surface area contributed by atoms with E-state index in [-0.39, 0.29) is 29.1 Å². The summed E-state index contributed by atoms with van der Waals surface area (Å²) >= 11 is 0. The van der Waals surface area contributed by atoms with Gasteiger partial charge in [-0.2, -0.15) is 0 Å². The Balaban J connectivity index is 1.51. The molecule has 8 nitrogen and oxygen atoms in total. The van der Waals surface area contributed by atoms with Crippen molar-refractivity contribution in [3.8, 4) is 5.75 Å². The van der Waals surface area contributed by atoms with Crippen LogP contribution in [0.5, 0.6) is 5.75 Å². The number of hydrogen-bond donors (Lipinski definition) is 3. The van der Waals surface area contributed by atoms with E-state index < -0.39 is 27.7 Å². The normalized spacial score (nSPS) is 10.9. The van der Waals surface area contributed by atoms with Crippen molar-refractivity contribution in [1.82, 2.24) is 10.6 Å². The molecule has 10 heteroatoms. The molecule has 34 heavy (non-hydrogen) atoms. The zero-order valence-corrected chi connectivity index (χ0v) is 19.4. The van der Waals surface area contributed by atoms with Crippen LogP contribution in [0.25, 0.3) is 0 Å². The van der Waals surface area contributed by atoms with Crippen molar-refractivity contribution >= 4 is 27.5 Å². The SMILES string of the molecule is COc1ccc(NS(=O)(=O)c2ccc(C(=O)NCCNC(=O)c3ccc(C)c(F)c3)cc2)cc1. The minimum absolute atomic E-state index is 0.00235. The summed E-state index contributed by atoms with van der Waals surface area (Å²) in [5, 5.41) is 5.23. The molecule has 0 aliphatic rings. The maximum Gasteiger partial charge on any atom is 0.261 e. The molecule has 0 spiro atoms. The third kappa shape index (κ3) is 6.32. The topological polar surface area (TPSA) is 114 Å². The number of carbonyl (C=O) groups is 2. The van der Waals surface area contributed by atoms with Crippen molar-refractivity contribution < 1.29 is 27.1 Å². The maximum absolute atomic E-state index is 13.6. The molecule has 0 aliphatic heterocycles. The summed E-state index contributed by atoms with van der Waals surface area (Å²) in [5.74, 6) is -0.748. The van der Waals surface area contributed by atoms with Gasteiger partial charge >= 0.3 is 0 Å². The van der Waals surface area contributed by atoms with Crippen LogP contribution in [0.4, 0.5) is 10.1 Å². The van der Waals surface area contributed by atoms with Crippen LogP contribution in [0, 0.1) is 12.7 Å². The number of amides is 2. The monoisotopic (exact) mass is 485 g/mol. The van der Waals surface area contributed by atoms with E-state index in [1.165, 1.54) is 43.5 Å². The van der Waals surface area contributed by atoms with Crippen LogP contribution < -0.4 is 20.1 Å². The number of carbonyl (C=O) groups excluding carboxylic acids is 2. The standard InChI is InChI=1S/C24H24FN3O5S/c1-16-3-4-18(15-22(16)25)24(30)27-14-13-26-23(29)17-5-11-21(12-6-17)34(31,32)28-19-7-9-20(33-2)10-8-19/h3-12,15,28H,13-14H2,1-2H3,(H,26,29)(H,27,30). The zero-order valence-electron chi connectivity index (χ0n) is 18.6. The molecule has 178 valence electrons. The van der Waals surface area contributed by atoms with Gasteiger partial charge in [0.15, 0.2) is 0 Å². The molecule has 3 aromatic carbocycles. The Morgan fingerprint density at radius 1 is 0.853 bits per heavy atom. The molecule has 0 bridgehead atoms. The summed E-state index contributed by atoms with van der Waals surface area (Å²) in [4.78, 5) is 24.4. The first-order chi connectivity index (χ1) is 16.2. The van der Waals surface area contributed by atoms with Crippen molar-refractivity contribution in [2.75, 3.05) is 24.9 Å². The van der Waals surface area contributed by atoms with Crippen LogP contribution in [0.3, 0.4) is 0 Å². The minimum Gasteiger partial charge on any atom is -0.497 e. The highest BCUT2D eigenvalue weighted by molar-refractivity contribution is 7.92. The number of methoxy groups -OCH3 is 1. The molecule has 3 N–H and O–H groups in total. The molecule has 0 saturated carbocycles. The van der Waals surface area contributed by atoms with Crippen molar-refractivity contribution in [2.24, 2.45) is 0 Å². The van der Waals surface area contributed by atoms with Gasteiger partial charge in [-0.3, -0.25) is 14.3 Å². The number of hydrogen-bond acceptors (Lipinski definition) is 5. The van der Waals surface area contributed by atoms with E-state index in [9.17, 15) is 22.4 Å². The van der Waals surface area contributed by atoms with Crippen molar-refractivity contribution in [2.45, 2.75) is 11.8 Å². The predicted octanol–water partition coefficient (Wildman–Crippen LogP) is 3.10. The molecule has 0 fully saturated rings. The van der Waals surface area contributed by atoms with E-state index >= 15 is 0 Å². The van der Waals surface area contributed by atoms with Crippen LogP contribution in [-0.2, 0) is 10.0 Å². The lowest BCUT2D eigenvalue weighted by Gasteiger charge is -2.10. The van der Waals surface area contributed by atoms with E-state index in [1.54, 1.807) is 31.2 Å². The molecular formula is C24H24FN3O5S. The van der Waals surface area contributed by atoms with Crippen LogP contribution >= 0.6 is 0 Å². The number of nitrogens with one attached hydrogen (secondary N) is 3. The Labute approximate surface area is 197 Å². The molecule has 3 aromatic rings. The Bertz CT molecular complexity index is 1280. The number of rotatable bonds is 9. The van der Waals surface area contributed by atoms with Crippen LogP contribution in [0.15, 0.2) is 71.6 Å².